The third kappa shape index (κ3) is 2.29. The number of hydrogen-bond acceptors (Lipinski definition) is 4. The first kappa shape index (κ1) is 14.2. The van der Waals surface area contributed by atoms with Crippen LogP contribution in [-0.2, 0) is 9.59 Å². The first-order chi connectivity index (χ1) is 9.49. The number of carboxylic acids is 1. The van der Waals surface area contributed by atoms with Crippen molar-refractivity contribution in [3.63, 3.8) is 0 Å². The van der Waals surface area contributed by atoms with E-state index in [-0.39, 0.29) is 12.3 Å². The van der Waals surface area contributed by atoms with Gasteiger partial charge >= 0.3 is 5.97 Å². The number of ether oxygens (including phenoxy) is 2. The van der Waals surface area contributed by atoms with Crippen molar-refractivity contribution >= 4 is 11.9 Å². The summed E-state index contributed by atoms with van der Waals surface area (Å²) in [6, 6.07) is 4.70. The van der Waals surface area contributed by atoms with Gasteiger partial charge in [-0.05, 0) is 17.7 Å². The molecule has 1 aliphatic rings. The van der Waals surface area contributed by atoms with Gasteiger partial charge in [0, 0.05) is 13.5 Å². The molecule has 0 spiro atoms. The van der Waals surface area contributed by atoms with Gasteiger partial charge in [0.15, 0.2) is 11.5 Å². The van der Waals surface area contributed by atoms with Gasteiger partial charge in [-0.3, -0.25) is 9.59 Å². The van der Waals surface area contributed by atoms with Crippen LogP contribution in [0.1, 0.15) is 18.0 Å². The molecule has 1 amide bonds. The highest BCUT2D eigenvalue weighted by molar-refractivity contribution is 5.87. The molecule has 0 bridgehead atoms. The number of likely N-dealkylation sites (tertiary alicyclic amines) is 1. The molecule has 108 valence electrons. The lowest BCUT2D eigenvalue weighted by atomic mass is 9.93. The minimum Gasteiger partial charge on any atom is -0.493 e. The van der Waals surface area contributed by atoms with Gasteiger partial charge in [0.2, 0.25) is 5.91 Å². The van der Waals surface area contributed by atoms with Crippen molar-refractivity contribution in [3.8, 4) is 11.5 Å². The van der Waals surface area contributed by atoms with Gasteiger partial charge in [-0.25, -0.2) is 0 Å². The van der Waals surface area contributed by atoms with Crippen LogP contribution in [0, 0.1) is 5.92 Å². The Hall–Kier alpha value is -2.24. The molecule has 0 saturated carbocycles. The Morgan fingerprint density at radius 2 is 1.95 bits per heavy atom. The summed E-state index contributed by atoms with van der Waals surface area (Å²) in [6.45, 7) is 0. The molecule has 1 aromatic carbocycles. The maximum absolute atomic E-state index is 11.8. The van der Waals surface area contributed by atoms with Crippen LogP contribution in [0.2, 0.25) is 0 Å². The number of amides is 1. The summed E-state index contributed by atoms with van der Waals surface area (Å²) in [7, 11) is 4.66. The Labute approximate surface area is 116 Å². The highest BCUT2D eigenvalue weighted by Gasteiger charge is 2.43. The Morgan fingerprint density at radius 1 is 1.30 bits per heavy atom. The van der Waals surface area contributed by atoms with E-state index in [9.17, 15) is 14.7 Å². The Bertz CT molecular complexity index is 542. The second-order valence-electron chi connectivity index (χ2n) is 4.71. The van der Waals surface area contributed by atoms with Gasteiger partial charge in [0.05, 0.1) is 26.2 Å². The van der Waals surface area contributed by atoms with Crippen LogP contribution in [0.15, 0.2) is 18.2 Å². The molecule has 0 aromatic heterocycles. The summed E-state index contributed by atoms with van der Waals surface area (Å²) >= 11 is 0. The molecular formula is C14H17NO5. The van der Waals surface area contributed by atoms with E-state index in [0.29, 0.717) is 11.5 Å². The summed E-state index contributed by atoms with van der Waals surface area (Å²) in [6.07, 6.45) is 0.0187. The second kappa shape index (κ2) is 5.40. The van der Waals surface area contributed by atoms with E-state index < -0.39 is 17.9 Å². The molecule has 6 nitrogen and oxygen atoms in total. The van der Waals surface area contributed by atoms with E-state index in [1.165, 1.54) is 19.1 Å². The molecule has 2 rings (SSSR count). The Kier molecular flexibility index (Phi) is 3.83. The molecule has 1 fully saturated rings. The van der Waals surface area contributed by atoms with Crippen LogP contribution >= 0.6 is 0 Å². The average Bonchev–Trinajstić information content (AvgIpc) is 2.74. The zero-order valence-corrected chi connectivity index (χ0v) is 11.6. The zero-order valence-electron chi connectivity index (χ0n) is 11.6. The summed E-state index contributed by atoms with van der Waals surface area (Å²) in [5.74, 6) is -0.803. The highest BCUT2D eigenvalue weighted by Crippen LogP contribution is 2.40. The molecule has 0 radical (unpaired) electrons. The lowest BCUT2D eigenvalue weighted by molar-refractivity contribution is -0.142. The number of aliphatic carboxylic acids is 1. The third-order valence-corrected chi connectivity index (χ3v) is 3.65. The highest BCUT2D eigenvalue weighted by atomic mass is 16.5. The second-order valence-corrected chi connectivity index (χ2v) is 4.71. The lowest BCUT2D eigenvalue weighted by Crippen LogP contribution is -2.26. The van der Waals surface area contributed by atoms with E-state index in [1.54, 1.807) is 25.2 Å². The molecule has 0 unspecified atom stereocenters. The molecule has 20 heavy (non-hydrogen) atoms. The van der Waals surface area contributed by atoms with E-state index in [4.69, 9.17) is 9.47 Å². The fraction of sp³-hybridized carbons (Fsp3) is 0.429. The predicted octanol–water partition coefficient (Wildman–Crippen LogP) is 1.31. The molecule has 1 aromatic rings. The van der Waals surface area contributed by atoms with E-state index in [0.717, 1.165) is 5.56 Å². The van der Waals surface area contributed by atoms with E-state index in [1.807, 2.05) is 0 Å². The largest absolute Gasteiger partial charge is 0.493 e. The molecule has 6 heteroatoms. The van der Waals surface area contributed by atoms with Gasteiger partial charge in [0.1, 0.15) is 0 Å². The van der Waals surface area contributed by atoms with Crippen LogP contribution in [-0.4, -0.2) is 43.2 Å². The zero-order chi connectivity index (χ0) is 14.9. The van der Waals surface area contributed by atoms with Gasteiger partial charge in [-0.1, -0.05) is 6.07 Å². The van der Waals surface area contributed by atoms with Crippen molar-refractivity contribution in [1.82, 2.24) is 4.90 Å². The summed E-state index contributed by atoms with van der Waals surface area (Å²) in [5.41, 5.74) is 0.725. The Morgan fingerprint density at radius 3 is 2.50 bits per heavy atom. The van der Waals surface area contributed by atoms with Crippen molar-refractivity contribution in [2.24, 2.45) is 5.92 Å². The van der Waals surface area contributed by atoms with Crippen LogP contribution in [0.25, 0.3) is 0 Å². The Balaban J connectivity index is 2.43. The van der Waals surface area contributed by atoms with Crippen LogP contribution < -0.4 is 9.47 Å². The predicted molar refractivity (Wildman–Crippen MR) is 70.8 cm³/mol. The number of rotatable bonds is 4. The van der Waals surface area contributed by atoms with Gasteiger partial charge in [-0.15, -0.1) is 0 Å². The van der Waals surface area contributed by atoms with Gasteiger partial charge in [-0.2, -0.15) is 0 Å². The normalized spacial score (nSPS) is 21.9. The molecule has 0 aliphatic carbocycles. The molecule has 1 saturated heterocycles. The summed E-state index contributed by atoms with van der Waals surface area (Å²) in [4.78, 5) is 24.5. The molecule has 1 N–H and O–H groups in total. The minimum absolute atomic E-state index is 0.0187. The van der Waals surface area contributed by atoms with Crippen molar-refractivity contribution in [2.45, 2.75) is 12.5 Å². The smallest absolute Gasteiger partial charge is 0.309 e. The first-order valence-corrected chi connectivity index (χ1v) is 6.20. The molecule has 1 heterocycles. The van der Waals surface area contributed by atoms with Gasteiger partial charge < -0.3 is 19.5 Å². The van der Waals surface area contributed by atoms with Crippen molar-refractivity contribution in [3.05, 3.63) is 23.8 Å². The van der Waals surface area contributed by atoms with Crippen molar-refractivity contribution in [2.75, 3.05) is 21.3 Å². The van der Waals surface area contributed by atoms with Crippen LogP contribution in [0.5, 0.6) is 11.5 Å². The number of carboxylic acid groups (broad SMARTS) is 1. The minimum atomic E-state index is -0.970. The van der Waals surface area contributed by atoms with E-state index >= 15 is 0 Å². The quantitative estimate of drug-likeness (QED) is 0.899. The van der Waals surface area contributed by atoms with Gasteiger partial charge in [0.25, 0.3) is 0 Å². The van der Waals surface area contributed by atoms with E-state index in [2.05, 4.69) is 0 Å². The van der Waals surface area contributed by atoms with Crippen molar-refractivity contribution in [1.29, 1.82) is 0 Å². The van der Waals surface area contributed by atoms with Crippen LogP contribution in [0.3, 0.4) is 0 Å². The molecule has 1 aliphatic heterocycles. The summed E-state index contributed by atoms with van der Waals surface area (Å²) in [5, 5.41) is 9.27. The molecule has 2 atom stereocenters. The van der Waals surface area contributed by atoms with Crippen molar-refractivity contribution < 1.29 is 24.2 Å². The van der Waals surface area contributed by atoms with Crippen LogP contribution in [0.4, 0.5) is 0 Å². The topological polar surface area (TPSA) is 76.1 Å². The number of benzene rings is 1. The lowest BCUT2D eigenvalue weighted by Gasteiger charge is -2.24. The number of methoxy groups -OCH3 is 2. The maximum Gasteiger partial charge on any atom is 0.309 e. The number of carbonyl (C=O) groups is 2. The SMILES string of the molecule is COc1ccc([C@H]2[C@H](C(=O)O)CC(=O)N2C)cc1OC. The average molecular weight is 279 g/mol. The number of hydrogen-bond donors (Lipinski definition) is 1. The maximum atomic E-state index is 11.8. The summed E-state index contributed by atoms with van der Waals surface area (Å²) < 4.78 is 10.4. The number of carbonyl (C=O) groups excluding carboxylic acids is 1. The fourth-order valence-corrected chi connectivity index (χ4v) is 2.58. The standard InChI is InChI=1S/C14H17NO5/c1-15-12(16)7-9(14(17)18)13(15)8-4-5-10(19-2)11(6-8)20-3/h4-6,9,13H,7H2,1-3H3,(H,17,18)/t9-,13+/m1/s1. The fourth-order valence-electron chi connectivity index (χ4n) is 2.58. The number of nitrogens with zero attached hydrogens (tertiary/aromatic N) is 1. The monoisotopic (exact) mass is 279 g/mol. The third-order valence-electron chi connectivity index (χ3n) is 3.65. The first-order valence-electron chi connectivity index (χ1n) is 6.20. The molecular weight excluding hydrogens is 262 g/mol.